The van der Waals surface area contributed by atoms with Gasteiger partial charge in [-0.05, 0) is 24.5 Å². The van der Waals surface area contributed by atoms with Crippen molar-refractivity contribution in [2.45, 2.75) is 24.1 Å². The number of thiazole rings is 1. The number of nitrogens with zero attached hydrogens (tertiary/aromatic N) is 4. The number of carbonyl (C=O) groups is 1. The van der Waals surface area contributed by atoms with E-state index in [1.165, 1.54) is 11.8 Å². The van der Waals surface area contributed by atoms with E-state index in [0.717, 1.165) is 27.5 Å². The Balaban J connectivity index is 1.23. The standard InChI is InChI=1S/C21H18ClN5O2S2/c1-30-20-23-3-2-17(26-20)12-6-13-7-15(29-19(13)16(22)8-12)10-24-18(28)9-14-11-27-4-5-31-21(27)25-14/h2-6,8,11,15H,7,9-10H2,1H3,(H,24,28)/t15-/m0/s1. The summed E-state index contributed by atoms with van der Waals surface area (Å²) in [5.41, 5.74) is 3.51. The van der Waals surface area contributed by atoms with Crippen molar-refractivity contribution < 1.29 is 9.53 Å². The van der Waals surface area contributed by atoms with E-state index < -0.39 is 0 Å². The zero-order chi connectivity index (χ0) is 21.4. The second kappa shape index (κ2) is 8.49. The minimum Gasteiger partial charge on any atom is -0.486 e. The maximum Gasteiger partial charge on any atom is 0.226 e. The summed E-state index contributed by atoms with van der Waals surface area (Å²) in [6.45, 7) is 0.408. The zero-order valence-corrected chi connectivity index (χ0v) is 18.9. The lowest BCUT2D eigenvalue weighted by molar-refractivity contribution is -0.120. The maximum absolute atomic E-state index is 12.4. The summed E-state index contributed by atoms with van der Waals surface area (Å²) in [6.07, 6.45) is 8.24. The molecule has 1 aliphatic heterocycles. The summed E-state index contributed by atoms with van der Waals surface area (Å²) < 4.78 is 7.93. The molecular formula is C21H18ClN5O2S2. The van der Waals surface area contributed by atoms with Crippen LogP contribution in [0.2, 0.25) is 5.02 Å². The molecule has 1 aliphatic rings. The number of ether oxygens (including phenoxy) is 1. The van der Waals surface area contributed by atoms with Crippen molar-refractivity contribution in [1.29, 1.82) is 0 Å². The number of carbonyl (C=O) groups excluding carboxylic acids is 1. The van der Waals surface area contributed by atoms with Crippen molar-refractivity contribution in [2.24, 2.45) is 0 Å². The second-order valence-electron chi connectivity index (χ2n) is 7.12. The number of hydrogen-bond acceptors (Lipinski definition) is 7. The Bertz CT molecular complexity index is 1240. The molecule has 4 aromatic rings. The minimum absolute atomic E-state index is 0.0809. The van der Waals surface area contributed by atoms with Gasteiger partial charge in [0.1, 0.15) is 11.9 Å². The predicted octanol–water partition coefficient (Wildman–Crippen LogP) is 3.89. The minimum atomic E-state index is -0.163. The number of aromatic nitrogens is 4. The molecule has 0 saturated carbocycles. The molecule has 1 N–H and O–H groups in total. The highest BCUT2D eigenvalue weighted by Gasteiger charge is 2.26. The van der Waals surface area contributed by atoms with Gasteiger partial charge in [-0.1, -0.05) is 23.4 Å². The molecule has 0 radical (unpaired) electrons. The third kappa shape index (κ3) is 4.26. The van der Waals surface area contributed by atoms with Crippen LogP contribution in [0.15, 0.2) is 47.3 Å². The molecule has 0 bridgehead atoms. The predicted molar refractivity (Wildman–Crippen MR) is 122 cm³/mol. The number of thioether (sulfide) groups is 1. The van der Waals surface area contributed by atoms with Gasteiger partial charge in [-0.15, -0.1) is 11.3 Å². The van der Waals surface area contributed by atoms with Crippen LogP contribution in [0.1, 0.15) is 11.3 Å². The molecule has 10 heteroatoms. The number of nitrogens with one attached hydrogen (secondary N) is 1. The second-order valence-corrected chi connectivity index (χ2v) is 9.18. The van der Waals surface area contributed by atoms with Gasteiger partial charge in [0.2, 0.25) is 5.91 Å². The summed E-state index contributed by atoms with van der Waals surface area (Å²) in [6, 6.07) is 5.77. The van der Waals surface area contributed by atoms with E-state index in [0.29, 0.717) is 28.9 Å². The SMILES string of the molecule is CSc1nccc(-c2cc(Cl)c3c(c2)C[C@@H](CNC(=O)Cc2cn4ccsc4n2)O3)n1. The first-order valence-electron chi connectivity index (χ1n) is 9.63. The topological polar surface area (TPSA) is 81.4 Å². The Kier molecular flexibility index (Phi) is 5.56. The van der Waals surface area contributed by atoms with Gasteiger partial charge in [0.25, 0.3) is 0 Å². The van der Waals surface area contributed by atoms with Gasteiger partial charge in [0.05, 0.1) is 29.4 Å². The highest BCUT2D eigenvalue weighted by atomic mass is 35.5. The van der Waals surface area contributed by atoms with Crippen LogP contribution in [0.3, 0.4) is 0 Å². The molecule has 31 heavy (non-hydrogen) atoms. The fraction of sp³-hybridized carbons (Fsp3) is 0.238. The molecule has 1 amide bonds. The van der Waals surface area contributed by atoms with Crippen molar-refractivity contribution in [3.05, 3.63) is 58.4 Å². The van der Waals surface area contributed by atoms with Crippen LogP contribution in [0.25, 0.3) is 16.2 Å². The molecule has 0 spiro atoms. The average molecular weight is 472 g/mol. The molecule has 5 rings (SSSR count). The number of amides is 1. The summed E-state index contributed by atoms with van der Waals surface area (Å²) in [5.74, 6) is 0.598. The zero-order valence-electron chi connectivity index (χ0n) is 16.5. The first-order valence-corrected chi connectivity index (χ1v) is 12.1. The van der Waals surface area contributed by atoms with Crippen molar-refractivity contribution in [3.63, 3.8) is 0 Å². The first kappa shape index (κ1) is 20.3. The molecule has 0 unspecified atom stereocenters. The summed E-state index contributed by atoms with van der Waals surface area (Å²) >= 11 is 9.53. The van der Waals surface area contributed by atoms with Crippen LogP contribution in [0.4, 0.5) is 0 Å². The Morgan fingerprint density at radius 3 is 3.16 bits per heavy atom. The van der Waals surface area contributed by atoms with E-state index in [4.69, 9.17) is 16.3 Å². The normalized spacial score (nSPS) is 15.1. The van der Waals surface area contributed by atoms with Crippen LogP contribution < -0.4 is 10.1 Å². The first-order chi connectivity index (χ1) is 15.1. The summed E-state index contributed by atoms with van der Waals surface area (Å²) in [7, 11) is 0. The van der Waals surface area contributed by atoms with E-state index in [1.54, 1.807) is 17.5 Å². The van der Waals surface area contributed by atoms with Crippen molar-refractivity contribution in [1.82, 2.24) is 24.7 Å². The third-order valence-corrected chi connectivity index (χ3v) is 6.59. The number of benzene rings is 1. The smallest absolute Gasteiger partial charge is 0.226 e. The number of hydrogen-bond donors (Lipinski definition) is 1. The quantitative estimate of drug-likeness (QED) is 0.339. The van der Waals surface area contributed by atoms with Gasteiger partial charge in [-0.2, -0.15) is 0 Å². The molecule has 3 aromatic heterocycles. The molecule has 0 saturated heterocycles. The number of rotatable bonds is 6. The van der Waals surface area contributed by atoms with Gasteiger partial charge in [-0.3, -0.25) is 9.20 Å². The summed E-state index contributed by atoms with van der Waals surface area (Å²) in [4.78, 5) is 26.5. The lowest BCUT2D eigenvalue weighted by Crippen LogP contribution is -2.35. The van der Waals surface area contributed by atoms with E-state index in [9.17, 15) is 4.79 Å². The van der Waals surface area contributed by atoms with E-state index in [2.05, 4.69) is 20.3 Å². The average Bonchev–Trinajstić information content (AvgIpc) is 3.47. The van der Waals surface area contributed by atoms with Crippen LogP contribution in [-0.2, 0) is 17.6 Å². The van der Waals surface area contributed by atoms with E-state index >= 15 is 0 Å². The van der Waals surface area contributed by atoms with Gasteiger partial charge < -0.3 is 10.1 Å². The molecule has 1 atom stereocenters. The van der Waals surface area contributed by atoms with Crippen LogP contribution >= 0.6 is 34.7 Å². The molecule has 7 nitrogen and oxygen atoms in total. The maximum atomic E-state index is 12.4. The Labute approximate surface area is 191 Å². The molecule has 0 aliphatic carbocycles. The Morgan fingerprint density at radius 1 is 1.42 bits per heavy atom. The van der Waals surface area contributed by atoms with Crippen LogP contribution in [0, 0.1) is 0 Å². The molecular weight excluding hydrogens is 454 g/mol. The lowest BCUT2D eigenvalue weighted by Gasteiger charge is -2.12. The fourth-order valence-electron chi connectivity index (χ4n) is 3.57. The molecule has 4 heterocycles. The van der Waals surface area contributed by atoms with Crippen molar-refractivity contribution in [3.8, 4) is 17.0 Å². The van der Waals surface area contributed by atoms with E-state index in [-0.39, 0.29) is 18.4 Å². The van der Waals surface area contributed by atoms with Crippen molar-refractivity contribution >= 4 is 45.6 Å². The molecule has 158 valence electrons. The Morgan fingerprint density at radius 2 is 2.32 bits per heavy atom. The summed E-state index contributed by atoms with van der Waals surface area (Å²) in [5, 5.41) is 6.17. The van der Waals surface area contributed by atoms with E-state index in [1.807, 2.05) is 46.6 Å². The van der Waals surface area contributed by atoms with Gasteiger partial charge >= 0.3 is 0 Å². The van der Waals surface area contributed by atoms with Crippen LogP contribution in [-0.4, -0.2) is 44.2 Å². The Hall–Kier alpha value is -2.62. The highest BCUT2D eigenvalue weighted by Crippen LogP contribution is 2.39. The van der Waals surface area contributed by atoms with Gasteiger partial charge in [-0.25, -0.2) is 15.0 Å². The highest BCUT2D eigenvalue weighted by molar-refractivity contribution is 7.98. The number of halogens is 1. The number of fused-ring (bicyclic) bond motifs is 2. The van der Waals surface area contributed by atoms with Gasteiger partial charge in [0.15, 0.2) is 10.1 Å². The van der Waals surface area contributed by atoms with Crippen molar-refractivity contribution in [2.75, 3.05) is 12.8 Å². The third-order valence-electron chi connectivity index (χ3n) is 4.98. The van der Waals surface area contributed by atoms with Gasteiger partial charge in [0, 0.05) is 41.5 Å². The fourth-order valence-corrected chi connectivity index (χ4v) is 4.92. The molecule has 1 aromatic carbocycles. The molecule has 0 fully saturated rings. The monoisotopic (exact) mass is 471 g/mol. The van der Waals surface area contributed by atoms with Crippen LogP contribution in [0.5, 0.6) is 5.75 Å². The largest absolute Gasteiger partial charge is 0.486 e. The number of imidazole rings is 1. The lowest BCUT2D eigenvalue weighted by atomic mass is 10.0.